The molecule has 0 spiro atoms. The number of fused-ring (bicyclic) bond motifs is 1. The van der Waals surface area contributed by atoms with Crippen LogP contribution in [0.1, 0.15) is 37.3 Å². The van der Waals surface area contributed by atoms with Crippen molar-refractivity contribution in [2.75, 3.05) is 6.54 Å². The summed E-state index contributed by atoms with van der Waals surface area (Å²) in [6, 6.07) is 0. The first-order valence-corrected chi connectivity index (χ1v) is 5.53. The zero-order valence-corrected chi connectivity index (χ0v) is 8.58. The Kier molecular flexibility index (Phi) is 3.14. The summed E-state index contributed by atoms with van der Waals surface area (Å²) in [4.78, 5) is 0. The summed E-state index contributed by atoms with van der Waals surface area (Å²) in [6.07, 6.45) is 6.92. The molecule has 1 aromatic rings. The lowest BCUT2D eigenvalue weighted by Crippen LogP contribution is -2.08. The SMILES string of the molecule is NCCCc1nnc2n1CCCCC2. The van der Waals surface area contributed by atoms with Crippen LogP contribution < -0.4 is 5.73 Å². The van der Waals surface area contributed by atoms with Gasteiger partial charge in [0.1, 0.15) is 11.6 Å². The van der Waals surface area contributed by atoms with E-state index in [4.69, 9.17) is 5.73 Å². The highest BCUT2D eigenvalue weighted by Gasteiger charge is 2.13. The number of rotatable bonds is 3. The standard InChI is InChI=1S/C10H18N4/c11-7-4-6-10-13-12-9-5-2-1-3-8-14(9)10/h1-8,11H2. The van der Waals surface area contributed by atoms with Crippen LogP contribution in [-0.4, -0.2) is 21.3 Å². The molecule has 78 valence electrons. The van der Waals surface area contributed by atoms with Gasteiger partial charge >= 0.3 is 0 Å². The molecule has 0 saturated heterocycles. The van der Waals surface area contributed by atoms with Gasteiger partial charge in [0.25, 0.3) is 0 Å². The van der Waals surface area contributed by atoms with Crippen molar-refractivity contribution in [1.82, 2.24) is 14.8 Å². The van der Waals surface area contributed by atoms with Crippen molar-refractivity contribution < 1.29 is 0 Å². The molecule has 0 aliphatic carbocycles. The first-order valence-electron chi connectivity index (χ1n) is 5.53. The van der Waals surface area contributed by atoms with Gasteiger partial charge in [-0.2, -0.15) is 0 Å². The molecule has 2 N–H and O–H groups in total. The van der Waals surface area contributed by atoms with Crippen LogP contribution in [-0.2, 0) is 19.4 Å². The third-order valence-corrected chi connectivity index (χ3v) is 2.79. The molecule has 0 saturated carbocycles. The summed E-state index contributed by atoms with van der Waals surface area (Å²) in [7, 11) is 0. The van der Waals surface area contributed by atoms with Crippen LogP contribution in [0.5, 0.6) is 0 Å². The monoisotopic (exact) mass is 194 g/mol. The van der Waals surface area contributed by atoms with E-state index in [1.54, 1.807) is 0 Å². The second-order valence-electron chi connectivity index (χ2n) is 3.89. The maximum atomic E-state index is 5.49. The predicted molar refractivity (Wildman–Crippen MR) is 55.0 cm³/mol. The predicted octanol–water partition coefficient (Wildman–Crippen LogP) is 0.896. The van der Waals surface area contributed by atoms with Gasteiger partial charge in [-0.1, -0.05) is 6.42 Å². The average Bonchev–Trinajstić information content (AvgIpc) is 2.45. The largest absolute Gasteiger partial charge is 0.330 e. The van der Waals surface area contributed by atoms with E-state index in [0.29, 0.717) is 0 Å². The molecule has 4 nitrogen and oxygen atoms in total. The van der Waals surface area contributed by atoms with Crippen molar-refractivity contribution in [2.24, 2.45) is 5.73 Å². The Hall–Kier alpha value is -0.900. The molecular weight excluding hydrogens is 176 g/mol. The van der Waals surface area contributed by atoms with Crippen LogP contribution in [0.25, 0.3) is 0 Å². The van der Waals surface area contributed by atoms with E-state index >= 15 is 0 Å². The third-order valence-electron chi connectivity index (χ3n) is 2.79. The number of hydrogen-bond acceptors (Lipinski definition) is 3. The molecule has 0 amide bonds. The van der Waals surface area contributed by atoms with E-state index in [1.165, 1.54) is 25.1 Å². The molecule has 0 fully saturated rings. The summed E-state index contributed by atoms with van der Waals surface area (Å²) in [5, 5.41) is 8.48. The van der Waals surface area contributed by atoms with Gasteiger partial charge < -0.3 is 10.3 Å². The van der Waals surface area contributed by atoms with Gasteiger partial charge in [0, 0.05) is 19.4 Å². The summed E-state index contributed by atoms with van der Waals surface area (Å²) < 4.78 is 2.29. The van der Waals surface area contributed by atoms with Crippen LogP contribution in [0.4, 0.5) is 0 Å². The molecule has 2 rings (SSSR count). The molecule has 0 bridgehead atoms. The van der Waals surface area contributed by atoms with Gasteiger partial charge in [-0.25, -0.2) is 0 Å². The molecule has 0 aromatic carbocycles. The minimum atomic E-state index is 0.738. The van der Waals surface area contributed by atoms with Crippen molar-refractivity contribution in [3.63, 3.8) is 0 Å². The Morgan fingerprint density at radius 3 is 3.00 bits per heavy atom. The van der Waals surface area contributed by atoms with Gasteiger partial charge in [0.2, 0.25) is 0 Å². The van der Waals surface area contributed by atoms with Crippen LogP contribution >= 0.6 is 0 Å². The van der Waals surface area contributed by atoms with Crippen LogP contribution in [0.15, 0.2) is 0 Å². The normalized spacial score (nSPS) is 16.4. The zero-order chi connectivity index (χ0) is 9.80. The van der Waals surface area contributed by atoms with Crippen molar-refractivity contribution in [3.8, 4) is 0 Å². The van der Waals surface area contributed by atoms with Crippen LogP contribution in [0.3, 0.4) is 0 Å². The van der Waals surface area contributed by atoms with E-state index in [2.05, 4.69) is 14.8 Å². The van der Waals surface area contributed by atoms with Crippen molar-refractivity contribution in [3.05, 3.63) is 11.6 Å². The van der Waals surface area contributed by atoms with E-state index in [0.717, 1.165) is 38.2 Å². The average molecular weight is 194 g/mol. The smallest absolute Gasteiger partial charge is 0.133 e. The first kappa shape index (κ1) is 9.65. The van der Waals surface area contributed by atoms with Gasteiger partial charge in [-0.3, -0.25) is 0 Å². The Bertz CT molecular complexity index is 292. The maximum Gasteiger partial charge on any atom is 0.133 e. The van der Waals surface area contributed by atoms with Crippen LogP contribution in [0, 0.1) is 0 Å². The van der Waals surface area contributed by atoms with E-state index < -0.39 is 0 Å². The lowest BCUT2D eigenvalue weighted by molar-refractivity contribution is 0.597. The Morgan fingerprint density at radius 2 is 2.14 bits per heavy atom. The summed E-state index contributed by atoms with van der Waals surface area (Å²) in [6.45, 7) is 1.84. The molecule has 1 aromatic heterocycles. The van der Waals surface area contributed by atoms with Gasteiger partial charge in [0.15, 0.2) is 0 Å². The van der Waals surface area contributed by atoms with E-state index in [9.17, 15) is 0 Å². The minimum Gasteiger partial charge on any atom is -0.330 e. The fourth-order valence-electron chi connectivity index (χ4n) is 1.99. The fourth-order valence-corrected chi connectivity index (χ4v) is 1.99. The second kappa shape index (κ2) is 4.55. The molecule has 1 aliphatic heterocycles. The van der Waals surface area contributed by atoms with E-state index in [-0.39, 0.29) is 0 Å². The molecule has 4 heteroatoms. The quantitative estimate of drug-likeness (QED) is 0.777. The lowest BCUT2D eigenvalue weighted by atomic mass is 10.2. The molecule has 0 radical (unpaired) electrons. The Labute approximate surface area is 84.5 Å². The summed E-state index contributed by atoms with van der Waals surface area (Å²) in [5.41, 5.74) is 5.49. The second-order valence-corrected chi connectivity index (χ2v) is 3.89. The number of hydrogen-bond donors (Lipinski definition) is 1. The highest BCUT2D eigenvalue weighted by atomic mass is 15.3. The van der Waals surface area contributed by atoms with E-state index in [1.807, 2.05) is 0 Å². The van der Waals surface area contributed by atoms with Crippen LogP contribution in [0.2, 0.25) is 0 Å². The topological polar surface area (TPSA) is 56.7 Å². The molecule has 2 heterocycles. The number of nitrogens with two attached hydrogens (primary N) is 1. The Morgan fingerprint density at radius 1 is 1.21 bits per heavy atom. The molecule has 0 unspecified atom stereocenters. The molecule has 14 heavy (non-hydrogen) atoms. The van der Waals surface area contributed by atoms with Crippen molar-refractivity contribution >= 4 is 0 Å². The lowest BCUT2D eigenvalue weighted by Gasteiger charge is -2.05. The number of aromatic nitrogens is 3. The highest BCUT2D eigenvalue weighted by Crippen LogP contribution is 2.14. The fraction of sp³-hybridized carbons (Fsp3) is 0.800. The van der Waals surface area contributed by atoms with Gasteiger partial charge in [0.05, 0.1) is 0 Å². The molecule has 1 aliphatic rings. The first-order chi connectivity index (χ1) is 6.92. The van der Waals surface area contributed by atoms with Crippen molar-refractivity contribution in [2.45, 2.75) is 45.1 Å². The number of nitrogens with zero attached hydrogens (tertiary/aromatic N) is 3. The summed E-state index contributed by atoms with van der Waals surface area (Å²) >= 11 is 0. The third kappa shape index (κ3) is 1.95. The van der Waals surface area contributed by atoms with Gasteiger partial charge in [-0.15, -0.1) is 10.2 Å². The zero-order valence-electron chi connectivity index (χ0n) is 8.58. The maximum absolute atomic E-state index is 5.49. The van der Waals surface area contributed by atoms with Gasteiger partial charge in [-0.05, 0) is 25.8 Å². The minimum absolute atomic E-state index is 0.738. The molecular formula is C10H18N4. The number of aryl methyl sites for hydroxylation is 2. The molecule has 0 atom stereocenters. The summed E-state index contributed by atoms with van der Waals surface area (Å²) in [5.74, 6) is 2.31. The van der Waals surface area contributed by atoms with Crippen molar-refractivity contribution in [1.29, 1.82) is 0 Å². The Balaban J connectivity index is 2.12. The highest BCUT2D eigenvalue weighted by molar-refractivity contribution is 4.98.